The molecule has 1 N–H and O–H groups in total. The summed E-state index contributed by atoms with van der Waals surface area (Å²) in [5.41, 5.74) is 1.80. The largest absolute Gasteiger partial charge is 0.481 e. The maximum Gasteiger partial charge on any atom is 0.308 e. The summed E-state index contributed by atoms with van der Waals surface area (Å²) in [5.74, 6) is -0.563. The highest BCUT2D eigenvalue weighted by Gasteiger charge is 2.46. The van der Waals surface area contributed by atoms with E-state index in [-0.39, 0.29) is 11.8 Å². The first-order chi connectivity index (χ1) is 9.97. The Balaban J connectivity index is 1.78. The Morgan fingerprint density at radius 3 is 2.57 bits per heavy atom. The number of hydrogen-bond acceptors (Lipinski definition) is 2. The lowest BCUT2D eigenvalue weighted by Crippen LogP contribution is -2.30. The fraction of sp³-hybridized carbons (Fsp3) is 0.500. The van der Waals surface area contributed by atoms with Gasteiger partial charge in [0.25, 0.3) is 5.91 Å². The van der Waals surface area contributed by atoms with E-state index in [9.17, 15) is 14.7 Å². The zero-order valence-corrected chi connectivity index (χ0v) is 14.0. The van der Waals surface area contributed by atoms with E-state index in [0.717, 1.165) is 22.0 Å². The number of carboxylic acid groups (broad SMARTS) is 1. The normalized spacial score (nSPS) is 25.1. The Kier molecular flexibility index (Phi) is 3.94. The summed E-state index contributed by atoms with van der Waals surface area (Å²) in [6, 6.07) is 5.66. The van der Waals surface area contributed by atoms with Gasteiger partial charge in [0.1, 0.15) is 0 Å². The van der Waals surface area contributed by atoms with Crippen LogP contribution < -0.4 is 0 Å². The van der Waals surface area contributed by atoms with Crippen LogP contribution in [0, 0.1) is 28.2 Å². The topological polar surface area (TPSA) is 57.6 Å². The second-order valence-corrected chi connectivity index (χ2v) is 7.28. The summed E-state index contributed by atoms with van der Waals surface area (Å²) in [6.45, 7) is 2.94. The summed E-state index contributed by atoms with van der Waals surface area (Å²) in [7, 11) is 0. The van der Waals surface area contributed by atoms with Crippen LogP contribution in [0.1, 0.15) is 28.8 Å². The highest BCUT2D eigenvalue weighted by molar-refractivity contribution is 14.1. The number of halogens is 1. The van der Waals surface area contributed by atoms with E-state index < -0.39 is 11.9 Å². The van der Waals surface area contributed by atoms with Crippen molar-refractivity contribution in [1.29, 1.82) is 0 Å². The third-order valence-electron chi connectivity index (χ3n) is 4.62. The van der Waals surface area contributed by atoms with E-state index in [1.54, 1.807) is 4.90 Å². The molecule has 0 bridgehead atoms. The minimum absolute atomic E-state index is 0.0395. The molecule has 21 heavy (non-hydrogen) atoms. The highest BCUT2D eigenvalue weighted by atomic mass is 127. The molecule has 0 unspecified atom stereocenters. The average molecular weight is 399 g/mol. The van der Waals surface area contributed by atoms with Crippen molar-refractivity contribution < 1.29 is 14.7 Å². The van der Waals surface area contributed by atoms with Gasteiger partial charge in [-0.3, -0.25) is 9.59 Å². The van der Waals surface area contributed by atoms with Crippen LogP contribution in [-0.2, 0) is 4.79 Å². The van der Waals surface area contributed by atoms with E-state index >= 15 is 0 Å². The van der Waals surface area contributed by atoms with E-state index in [1.165, 1.54) is 0 Å². The SMILES string of the molecule is Cc1ccc(C(=O)N2C[C@H](C(=O)O)[C@@H](C3CC3)C2)cc1I. The van der Waals surface area contributed by atoms with Crippen molar-refractivity contribution in [1.82, 2.24) is 4.90 Å². The highest BCUT2D eigenvalue weighted by Crippen LogP contribution is 2.44. The molecule has 0 aromatic heterocycles. The molecule has 1 amide bonds. The number of carbonyl (C=O) groups excluding carboxylic acids is 1. The van der Waals surface area contributed by atoms with E-state index in [0.29, 0.717) is 24.6 Å². The number of nitrogens with zero attached hydrogens (tertiary/aromatic N) is 1. The van der Waals surface area contributed by atoms with E-state index in [2.05, 4.69) is 22.6 Å². The number of likely N-dealkylation sites (tertiary alicyclic amines) is 1. The maximum absolute atomic E-state index is 12.6. The average Bonchev–Trinajstić information content (AvgIpc) is 3.19. The van der Waals surface area contributed by atoms with Gasteiger partial charge in [0.15, 0.2) is 0 Å². The third kappa shape index (κ3) is 2.93. The zero-order chi connectivity index (χ0) is 15.1. The molecule has 1 saturated carbocycles. The first-order valence-electron chi connectivity index (χ1n) is 7.25. The van der Waals surface area contributed by atoms with Crippen molar-refractivity contribution in [2.45, 2.75) is 19.8 Å². The lowest BCUT2D eigenvalue weighted by molar-refractivity contribution is -0.142. The van der Waals surface area contributed by atoms with Gasteiger partial charge in [-0.05, 0) is 71.9 Å². The summed E-state index contributed by atoms with van der Waals surface area (Å²) < 4.78 is 1.06. The van der Waals surface area contributed by atoms with Gasteiger partial charge in [-0.15, -0.1) is 0 Å². The molecule has 1 aromatic carbocycles. The summed E-state index contributed by atoms with van der Waals surface area (Å²) >= 11 is 2.22. The fourth-order valence-electron chi connectivity index (χ4n) is 3.17. The van der Waals surface area contributed by atoms with Crippen LogP contribution in [0.3, 0.4) is 0 Å². The van der Waals surface area contributed by atoms with Crippen LogP contribution in [0.15, 0.2) is 18.2 Å². The molecule has 1 aliphatic heterocycles. The Labute approximate surface area is 137 Å². The van der Waals surface area contributed by atoms with Crippen LogP contribution >= 0.6 is 22.6 Å². The Hall–Kier alpha value is -1.11. The van der Waals surface area contributed by atoms with Gasteiger partial charge in [-0.1, -0.05) is 6.07 Å². The molecule has 2 aliphatic rings. The number of carboxylic acids is 1. The molecular formula is C16H18INO3. The number of hydrogen-bond donors (Lipinski definition) is 1. The van der Waals surface area contributed by atoms with Crippen LogP contribution in [0.2, 0.25) is 0 Å². The van der Waals surface area contributed by atoms with Gasteiger partial charge in [-0.25, -0.2) is 0 Å². The Bertz CT molecular complexity index is 597. The van der Waals surface area contributed by atoms with Crippen molar-refractivity contribution in [3.63, 3.8) is 0 Å². The third-order valence-corrected chi connectivity index (χ3v) is 5.78. The molecule has 4 nitrogen and oxygen atoms in total. The molecule has 2 fully saturated rings. The minimum atomic E-state index is -0.763. The predicted molar refractivity (Wildman–Crippen MR) is 87.1 cm³/mol. The zero-order valence-electron chi connectivity index (χ0n) is 11.9. The molecule has 1 heterocycles. The van der Waals surface area contributed by atoms with Gasteiger partial charge in [-0.2, -0.15) is 0 Å². The molecule has 0 radical (unpaired) electrons. The molecule has 1 aromatic rings. The fourth-order valence-corrected chi connectivity index (χ4v) is 3.68. The molecule has 5 heteroatoms. The lowest BCUT2D eigenvalue weighted by Gasteiger charge is -2.16. The predicted octanol–water partition coefficient (Wildman–Crippen LogP) is 2.78. The number of amides is 1. The van der Waals surface area contributed by atoms with E-state index in [1.807, 2.05) is 25.1 Å². The lowest BCUT2D eigenvalue weighted by atomic mass is 9.92. The number of rotatable bonds is 3. The summed E-state index contributed by atoms with van der Waals surface area (Å²) in [6.07, 6.45) is 2.22. The molecule has 0 spiro atoms. The quantitative estimate of drug-likeness (QED) is 0.796. The molecule has 112 valence electrons. The molecular weight excluding hydrogens is 381 g/mol. The molecule has 1 saturated heterocycles. The van der Waals surface area contributed by atoms with Crippen molar-refractivity contribution in [3.8, 4) is 0 Å². The first-order valence-corrected chi connectivity index (χ1v) is 8.33. The van der Waals surface area contributed by atoms with Gasteiger partial charge >= 0.3 is 5.97 Å². The van der Waals surface area contributed by atoms with Gasteiger partial charge in [0.05, 0.1) is 5.92 Å². The number of aryl methyl sites for hydroxylation is 1. The summed E-state index contributed by atoms with van der Waals surface area (Å²) in [4.78, 5) is 25.7. The number of benzene rings is 1. The van der Waals surface area contributed by atoms with Crippen LogP contribution in [-0.4, -0.2) is 35.0 Å². The van der Waals surface area contributed by atoms with Crippen LogP contribution in [0.25, 0.3) is 0 Å². The van der Waals surface area contributed by atoms with Crippen molar-refractivity contribution in [2.75, 3.05) is 13.1 Å². The molecule has 2 atom stereocenters. The monoisotopic (exact) mass is 399 g/mol. The van der Waals surface area contributed by atoms with Crippen LogP contribution in [0.5, 0.6) is 0 Å². The summed E-state index contributed by atoms with van der Waals surface area (Å²) in [5, 5.41) is 9.37. The van der Waals surface area contributed by atoms with Gasteiger partial charge in [0.2, 0.25) is 0 Å². The van der Waals surface area contributed by atoms with E-state index in [4.69, 9.17) is 0 Å². The maximum atomic E-state index is 12.6. The molecule has 3 rings (SSSR count). The second kappa shape index (κ2) is 5.59. The molecule has 1 aliphatic carbocycles. The Morgan fingerprint density at radius 2 is 2.00 bits per heavy atom. The smallest absolute Gasteiger partial charge is 0.308 e. The van der Waals surface area contributed by atoms with Crippen molar-refractivity contribution >= 4 is 34.5 Å². The standard InChI is InChI=1S/C16H18INO3/c1-9-2-3-11(6-14(9)17)15(19)18-7-12(10-4-5-10)13(8-18)16(20)21/h2-3,6,10,12-13H,4-5,7-8H2,1H3,(H,20,21)/t12-,13+/m1/s1. The van der Waals surface area contributed by atoms with Gasteiger partial charge in [0, 0.05) is 22.2 Å². The first kappa shape index (κ1) is 14.8. The Morgan fingerprint density at radius 1 is 1.29 bits per heavy atom. The second-order valence-electron chi connectivity index (χ2n) is 6.12. The minimum Gasteiger partial charge on any atom is -0.481 e. The number of aliphatic carboxylic acids is 1. The van der Waals surface area contributed by atoms with Crippen molar-refractivity contribution in [2.24, 2.45) is 17.8 Å². The van der Waals surface area contributed by atoms with Crippen molar-refractivity contribution in [3.05, 3.63) is 32.9 Å². The van der Waals surface area contributed by atoms with Gasteiger partial charge < -0.3 is 10.0 Å². The number of carbonyl (C=O) groups is 2. The van der Waals surface area contributed by atoms with Crippen LogP contribution in [0.4, 0.5) is 0 Å².